The molecule has 0 unspecified atom stereocenters. The number of hydrogen-bond acceptors (Lipinski definition) is 2. The summed E-state index contributed by atoms with van der Waals surface area (Å²) in [5.41, 5.74) is 7.57. The maximum absolute atomic E-state index is 6.51. The summed E-state index contributed by atoms with van der Waals surface area (Å²) in [7, 11) is 0. The molecule has 0 atom stereocenters. The molecule has 0 aliphatic carbocycles. The van der Waals surface area contributed by atoms with Crippen LogP contribution in [0.25, 0.3) is 86.9 Å². The average Bonchev–Trinajstić information content (AvgIpc) is 3.58. The Morgan fingerprint density at radius 2 is 0.846 bits per heavy atom. The third kappa shape index (κ3) is 4.44. The molecular weight excluding hydrogens is 631 g/mol. The summed E-state index contributed by atoms with van der Waals surface area (Å²) in [6, 6.07) is 68.1. The fourth-order valence-corrected chi connectivity index (χ4v) is 8.29. The molecule has 0 saturated heterocycles. The number of anilines is 3. The molecule has 0 aliphatic heterocycles. The second-order valence-corrected chi connectivity index (χ2v) is 13.7. The molecule has 2 heteroatoms. The van der Waals surface area contributed by atoms with Crippen LogP contribution in [0.3, 0.4) is 0 Å². The van der Waals surface area contributed by atoms with Gasteiger partial charge in [0, 0.05) is 33.2 Å². The topological polar surface area (TPSA) is 16.4 Å². The number of nitrogens with zero attached hydrogens (tertiary/aromatic N) is 1. The SMILES string of the molecule is c1ccc(N(c2ccc(-c3ccc4cc5c(cc4c3)oc3c4ccccc4ccc53)cc2)c2ccc3c4ccccc4c4ccccc4c3c2)cc1. The van der Waals surface area contributed by atoms with Crippen LogP contribution in [-0.2, 0) is 0 Å². The summed E-state index contributed by atoms with van der Waals surface area (Å²) in [6.07, 6.45) is 0. The highest BCUT2D eigenvalue weighted by atomic mass is 16.3. The van der Waals surface area contributed by atoms with Crippen molar-refractivity contribution < 1.29 is 4.42 Å². The number of benzene rings is 10. The van der Waals surface area contributed by atoms with Gasteiger partial charge in [0.05, 0.1) is 0 Å². The third-order valence-corrected chi connectivity index (χ3v) is 10.8. The van der Waals surface area contributed by atoms with E-state index >= 15 is 0 Å². The summed E-state index contributed by atoms with van der Waals surface area (Å²) in [5.74, 6) is 0. The van der Waals surface area contributed by atoms with Crippen LogP contribution in [0, 0.1) is 0 Å². The highest BCUT2D eigenvalue weighted by Gasteiger charge is 2.16. The molecular formula is C50H31NO. The Bertz CT molecular complexity index is 3140. The summed E-state index contributed by atoms with van der Waals surface area (Å²) >= 11 is 0. The molecule has 0 fully saturated rings. The van der Waals surface area contributed by atoms with Gasteiger partial charge in [-0.25, -0.2) is 0 Å². The Kier molecular flexibility index (Phi) is 6.28. The van der Waals surface area contributed by atoms with E-state index in [2.05, 4.69) is 193 Å². The maximum Gasteiger partial charge on any atom is 0.143 e. The Morgan fingerprint density at radius 1 is 0.288 bits per heavy atom. The van der Waals surface area contributed by atoms with E-state index in [0.29, 0.717) is 0 Å². The Balaban J connectivity index is 1.01. The van der Waals surface area contributed by atoms with Gasteiger partial charge in [0.1, 0.15) is 11.2 Å². The minimum absolute atomic E-state index is 0.918. The molecule has 2 nitrogen and oxygen atoms in total. The van der Waals surface area contributed by atoms with Crippen molar-refractivity contribution in [1.82, 2.24) is 0 Å². The van der Waals surface area contributed by atoms with Crippen LogP contribution >= 0.6 is 0 Å². The molecule has 0 N–H and O–H groups in total. The van der Waals surface area contributed by atoms with E-state index in [1.807, 2.05) is 0 Å². The first-order valence-electron chi connectivity index (χ1n) is 17.8. The summed E-state index contributed by atoms with van der Waals surface area (Å²) in [4.78, 5) is 2.36. The second-order valence-electron chi connectivity index (χ2n) is 13.7. The van der Waals surface area contributed by atoms with Crippen molar-refractivity contribution in [2.75, 3.05) is 4.90 Å². The standard InChI is InChI=1S/C50H31NO/c1-2-11-37(12-3-1)51(39-25-27-45-43-16-7-6-14-41(43)42-15-8-9-17-44(42)47(45)31-39)38-23-20-32(21-24-38)34-18-19-35-29-48-46-26-22-33-10-4-5-13-40(33)50(46)52-49(48)30-36(35)28-34/h1-31H. The van der Waals surface area contributed by atoms with E-state index in [4.69, 9.17) is 4.42 Å². The van der Waals surface area contributed by atoms with Crippen LogP contribution in [0.4, 0.5) is 17.1 Å². The molecule has 0 amide bonds. The Labute approximate surface area is 300 Å². The van der Waals surface area contributed by atoms with Crippen molar-refractivity contribution in [2.45, 2.75) is 0 Å². The summed E-state index contributed by atoms with van der Waals surface area (Å²) in [6.45, 7) is 0. The molecule has 11 aromatic rings. The zero-order valence-electron chi connectivity index (χ0n) is 28.3. The molecule has 1 heterocycles. The molecule has 0 saturated carbocycles. The normalized spacial score (nSPS) is 11.8. The van der Waals surface area contributed by atoms with Gasteiger partial charge in [0.25, 0.3) is 0 Å². The average molecular weight is 662 g/mol. The minimum Gasteiger partial charge on any atom is -0.455 e. The predicted molar refractivity (Wildman–Crippen MR) is 221 cm³/mol. The summed E-state index contributed by atoms with van der Waals surface area (Å²) < 4.78 is 6.51. The molecule has 0 bridgehead atoms. The third-order valence-electron chi connectivity index (χ3n) is 10.8. The van der Waals surface area contributed by atoms with Crippen LogP contribution in [0.2, 0.25) is 0 Å². The zero-order chi connectivity index (χ0) is 34.2. The monoisotopic (exact) mass is 661 g/mol. The van der Waals surface area contributed by atoms with Crippen LogP contribution in [0.5, 0.6) is 0 Å². The van der Waals surface area contributed by atoms with Crippen LogP contribution in [-0.4, -0.2) is 0 Å². The number of fused-ring (bicyclic) bond motifs is 12. The van der Waals surface area contributed by atoms with Gasteiger partial charge in [-0.1, -0.05) is 127 Å². The lowest BCUT2D eigenvalue weighted by Gasteiger charge is -2.26. The number of furan rings is 1. The molecule has 0 aliphatic rings. The number of hydrogen-bond donors (Lipinski definition) is 0. The van der Waals surface area contributed by atoms with E-state index in [9.17, 15) is 0 Å². The van der Waals surface area contributed by atoms with Crippen LogP contribution in [0.15, 0.2) is 192 Å². The lowest BCUT2D eigenvalue weighted by atomic mass is 9.94. The molecule has 1 aromatic heterocycles. The van der Waals surface area contributed by atoms with E-state index in [1.54, 1.807) is 0 Å². The minimum atomic E-state index is 0.918. The first-order chi connectivity index (χ1) is 25.8. The molecule has 0 spiro atoms. The van der Waals surface area contributed by atoms with Gasteiger partial charge in [-0.3, -0.25) is 0 Å². The van der Waals surface area contributed by atoms with Crippen molar-refractivity contribution in [2.24, 2.45) is 0 Å². The van der Waals surface area contributed by atoms with E-state index < -0.39 is 0 Å². The second kappa shape index (κ2) is 11.3. The smallest absolute Gasteiger partial charge is 0.143 e. The van der Waals surface area contributed by atoms with Gasteiger partial charge in [0.15, 0.2) is 0 Å². The van der Waals surface area contributed by atoms with Crippen LogP contribution < -0.4 is 4.90 Å². The fourth-order valence-electron chi connectivity index (χ4n) is 8.29. The molecule has 10 aromatic carbocycles. The maximum atomic E-state index is 6.51. The van der Waals surface area contributed by atoms with Gasteiger partial charge in [0.2, 0.25) is 0 Å². The van der Waals surface area contributed by atoms with Gasteiger partial charge >= 0.3 is 0 Å². The lowest BCUT2D eigenvalue weighted by Crippen LogP contribution is -2.09. The number of rotatable bonds is 4. The van der Waals surface area contributed by atoms with E-state index in [1.165, 1.54) is 59.6 Å². The predicted octanol–water partition coefficient (Wildman–Crippen LogP) is 14.5. The molecule has 0 radical (unpaired) electrons. The first-order valence-corrected chi connectivity index (χ1v) is 17.8. The van der Waals surface area contributed by atoms with Crippen molar-refractivity contribution in [3.05, 3.63) is 188 Å². The quantitative estimate of drug-likeness (QED) is 0.175. The zero-order valence-corrected chi connectivity index (χ0v) is 28.3. The highest BCUT2D eigenvalue weighted by Crippen LogP contribution is 2.42. The highest BCUT2D eigenvalue weighted by molar-refractivity contribution is 6.26. The Morgan fingerprint density at radius 3 is 1.60 bits per heavy atom. The number of para-hydroxylation sites is 1. The van der Waals surface area contributed by atoms with E-state index in [-0.39, 0.29) is 0 Å². The molecule has 242 valence electrons. The first kappa shape index (κ1) is 28.9. The fraction of sp³-hybridized carbons (Fsp3) is 0. The van der Waals surface area contributed by atoms with E-state index in [0.717, 1.165) is 44.4 Å². The molecule has 52 heavy (non-hydrogen) atoms. The van der Waals surface area contributed by atoms with Gasteiger partial charge in [-0.15, -0.1) is 0 Å². The van der Waals surface area contributed by atoms with Crippen LogP contribution in [0.1, 0.15) is 0 Å². The van der Waals surface area contributed by atoms with Gasteiger partial charge in [-0.05, 0) is 120 Å². The van der Waals surface area contributed by atoms with Crippen molar-refractivity contribution in [3.63, 3.8) is 0 Å². The van der Waals surface area contributed by atoms with Gasteiger partial charge < -0.3 is 9.32 Å². The molecule has 11 rings (SSSR count). The summed E-state index contributed by atoms with van der Waals surface area (Å²) in [5, 5.41) is 14.7. The Hall–Kier alpha value is -6.90. The van der Waals surface area contributed by atoms with Crippen molar-refractivity contribution >= 4 is 92.9 Å². The van der Waals surface area contributed by atoms with Gasteiger partial charge in [-0.2, -0.15) is 0 Å². The van der Waals surface area contributed by atoms with Crippen molar-refractivity contribution in [3.8, 4) is 11.1 Å². The largest absolute Gasteiger partial charge is 0.455 e. The van der Waals surface area contributed by atoms with Crippen molar-refractivity contribution in [1.29, 1.82) is 0 Å². The lowest BCUT2D eigenvalue weighted by molar-refractivity contribution is 0.673.